The molecule has 0 amide bonds. The molecule has 0 aromatic carbocycles. The van der Waals surface area contributed by atoms with E-state index in [2.05, 4.69) is 29.3 Å². The molecule has 1 N–H and O–H groups in total. The second-order valence-electron chi connectivity index (χ2n) is 5.66. The molecule has 2 aliphatic rings. The third-order valence-electron chi connectivity index (χ3n) is 4.14. The molecular weight excluding hydrogens is 238 g/mol. The number of anilines is 1. The molecule has 2 fully saturated rings. The van der Waals surface area contributed by atoms with E-state index < -0.39 is 0 Å². The fourth-order valence-electron chi connectivity index (χ4n) is 2.61. The van der Waals surface area contributed by atoms with Crippen molar-refractivity contribution in [1.29, 1.82) is 0 Å². The average molecular weight is 261 g/mol. The van der Waals surface area contributed by atoms with E-state index in [1.165, 1.54) is 18.4 Å². The maximum atomic E-state index is 5.41. The SMILES string of the molecule is COC1CCN(c2ccc(CNC3CC3)c(C)n2)C1. The molecule has 1 atom stereocenters. The molecular formula is C15H23N3O. The van der Waals surface area contributed by atoms with Crippen LogP contribution in [0.2, 0.25) is 0 Å². The first kappa shape index (κ1) is 12.9. The summed E-state index contributed by atoms with van der Waals surface area (Å²) in [5.74, 6) is 1.09. The van der Waals surface area contributed by atoms with Crippen molar-refractivity contribution < 1.29 is 4.74 Å². The van der Waals surface area contributed by atoms with Gasteiger partial charge in [0, 0.05) is 38.5 Å². The van der Waals surface area contributed by atoms with Gasteiger partial charge < -0.3 is 15.0 Å². The smallest absolute Gasteiger partial charge is 0.128 e. The standard InChI is InChI=1S/C15H23N3O/c1-11-12(9-16-13-4-5-13)3-6-15(17-11)18-8-7-14(10-18)19-2/h3,6,13-14,16H,4-5,7-10H2,1-2H3. The van der Waals surface area contributed by atoms with Crippen molar-refractivity contribution in [2.75, 3.05) is 25.1 Å². The van der Waals surface area contributed by atoms with E-state index in [4.69, 9.17) is 9.72 Å². The minimum atomic E-state index is 0.360. The van der Waals surface area contributed by atoms with Crippen molar-refractivity contribution in [1.82, 2.24) is 10.3 Å². The van der Waals surface area contributed by atoms with Gasteiger partial charge in [-0.05, 0) is 37.8 Å². The first-order chi connectivity index (χ1) is 9.26. The maximum Gasteiger partial charge on any atom is 0.128 e. The number of rotatable bonds is 5. The van der Waals surface area contributed by atoms with Gasteiger partial charge in [0.1, 0.15) is 5.82 Å². The summed E-state index contributed by atoms with van der Waals surface area (Å²) in [5.41, 5.74) is 2.46. The van der Waals surface area contributed by atoms with Gasteiger partial charge in [-0.25, -0.2) is 4.98 Å². The van der Waals surface area contributed by atoms with Crippen LogP contribution in [0.25, 0.3) is 0 Å². The first-order valence-electron chi connectivity index (χ1n) is 7.24. The van der Waals surface area contributed by atoms with Crippen LogP contribution in [0.3, 0.4) is 0 Å². The number of hydrogen-bond acceptors (Lipinski definition) is 4. The van der Waals surface area contributed by atoms with Crippen LogP contribution in [0.4, 0.5) is 5.82 Å². The molecule has 19 heavy (non-hydrogen) atoms. The first-order valence-corrected chi connectivity index (χ1v) is 7.24. The van der Waals surface area contributed by atoms with Gasteiger partial charge in [-0.3, -0.25) is 0 Å². The van der Waals surface area contributed by atoms with Crippen LogP contribution in [0.15, 0.2) is 12.1 Å². The van der Waals surface area contributed by atoms with Crippen molar-refractivity contribution >= 4 is 5.82 Å². The number of nitrogens with one attached hydrogen (secondary N) is 1. The summed E-state index contributed by atoms with van der Waals surface area (Å²) in [4.78, 5) is 7.07. The lowest BCUT2D eigenvalue weighted by atomic mass is 10.2. The van der Waals surface area contributed by atoms with Gasteiger partial charge in [0.15, 0.2) is 0 Å². The monoisotopic (exact) mass is 261 g/mol. The summed E-state index contributed by atoms with van der Waals surface area (Å²) in [6, 6.07) is 5.11. The van der Waals surface area contributed by atoms with Crippen LogP contribution in [0, 0.1) is 6.92 Å². The minimum Gasteiger partial charge on any atom is -0.380 e. The topological polar surface area (TPSA) is 37.4 Å². The van der Waals surface area contributed by atoms with Crippen molar-refractivity contribution in [2.24, 2.45) is 0 Å². The van der Waals surface area contributed by atoms with Crippen LogP contribution in [0.1, 0.15) is 30.5 Å². The Morgan fingerprint density at radius 1 is 1.37 bits per heavy atom. The molecule has 1 aromatic rings. The van der Waals surface area contributed by atoms with Crippen molar-refractivity contribution in [3.05, 3.63) is 23.4 Å². The van der Waals surface area contributed by atoms with Gasteiger partial charge >= 0.3 is 0 Å². The van der Waals surface area contributed by atoms with E-state index >= 15 is 0 Å². The lowest BCUT2D eigenvalue weighted by Crippen LogP contribution is -2.23. The van der Waals surface area contributed by atoms with Gasteiger partial charge in [-0.1, -0.05) is 6.07 Å². The third-order valence-corrected chi connectivity index (χ3v) is 4.14. The number of pyridine rings is 1. The van der Waals surface area contributed by atoms with Crippen LogP contribution in [-0.2, 0) is 11.3 Å². The average Bonchev–Trinajstić information content (AvgIpc) is 3.12. The Labute approximate surface area is 115 Å². The molecule has 1 saturated heterocycles. The molecule has 0 radical (unpaired) electrons. The Morgan fingerprint density at radius 3 is 2.84 bits per heavy atom. The highest BCUT2D eigenvalue weighted by molar-refractivity contribution is 5.43. The summed E-state index contributed by atoms with van der Waals surface area (Å²) in [6.07, 6.45) is 4.12. The maximum absolute atomic E-state index is 5.41. The van der Waals surface area contributed by atoms with Crippen molar-refractivity contribution in [2.45, 2.75) is 44.9 Å². The molecule has 104 valence electrons. The molecule has 4 nitrogen and oxygen atoms in total. The van der Waals surface area contributed by atoms with E-state index in [9.17, 15) is 0 Å². The summed E-state index contributed by atoms with van der Waals surface area (Å²) in [7, 11) is 1.79. The Kier molecular flexibility index (Phi) is 3.71. The number of methoxy groups -OCH3 is 1. The van der Waals surface area contributed by atoms with E-state index in [0.717, 1.165) is 43.6 Å². The molecule has 1 aliphatic heterocycles. The van der Waals surface area contributed by atoms with Crippen molar-refractivity contribution in [3.8, 4) is 0 Å². The fraction of sp³-hybridized carbons (Fsp3) is 0.667. The molecule has 3 rings (SSSR count). The van der Waals surface area contributed by atoms with Crippen LogP contribution in [-0.4, -0.2) is 37.3 Å². The number of ether oxygens (including phenoxy) is 1. The Bertz CT molecular complexity index is 445. The minimum absolute atomic E-state index is 0.360. The summed E-state index contributed by atoms with van der Waals surface area (Å²) < 4.78 is 5.41. The molecule has 0 bridgehead atoms. The zero-order chi connectivity index (χ0) is 13.2. The van der Waals surface area contributed by atoms with Gasteiger partial charge in [0.2, 0.25) is 0 Å². The molecule has 1 aromatic heterocycles. The van der Waals surface area contributed by atoms with Gasteiger partial charge in [0.05, 0.1) is 6.10 Å². The van der Waals surface area contributed by atoms with E-state index in [0.29, 0.717) is 6.10 Å². The molecule has 0 spiro atoms. The highest BCUT2D eigenvalue weighted by atomic mass is 16.5. The van der Waals surface area contributed by atoms with Crippen LogP contribution >= 0.6 is 0 Å². The molecule has 4 heteroatoms. The van der Waals surface area contributed by atoms with E-state index in [1.807, 2.05) is 0 Å². The summed E-state index contributed by atoms with van der Waals surface area (Å²) in [5, 5.41) is 3.55. The molecule has 1 unspecified atom stereocenters. The molecule has 1 aliphatic carbocycles. The zero-order valence-corrected chi connectivity index (χ0v) is 11.9. The normalized spacial score (nSPS) is 23.1. The highest BCUT2D eigenvalue weighted by Crippen LogP contribution is 2.22. The second-order valence-corrected chi connectivity index (χ2v) is 5.66. The van der Waals surface area contributed by atoms with Crippen LogP contribution in [0.5, 0.6) is 0 Å². The number of aryl methyl sites for hydroxylation is 1. The Hall–Kier alpha value is -1.13. The molecule has 1 saturated carbocycles. The Morgan fingerprint density at radius 2 is 2.21 bits per heavy atom. The summed E-state index contributed by atoms with van der Waals surface area (Å²) in [6.45, 7) is 5.06. The largest absolute Gasteiger partial charge is 0.380 e. The van der Waals surface area contributed by atoms with Gasteiger partial charge in [-0.2, -0.15) is 0 Å². The van der Waals surface area contributed by atoms with Crippen LogP contribution < -0.4 is 10.2 Å². The quantitative estimate of drug-likeness (QED) is 0.878. The van der Waals surface area contributed by atoms with Crippen molar-refractivity contribution in [3.63, 3.8) is 0 Å². The third kappa shape index (κ3) is 3.07. The van der Waals surface area contributed by atoms with E-state index in [-0.39, 0.29) is 0 Å². The lowest BCUT2D eigenvalue weighted by Gasteiger charge is -2.18. The number of nitrogens with zero attached hydrogens (tertiary/aromatic N) is 2. The fourth-order valence-corrected chi connectivity index (χ4v) is 2.61. The predicted octanol–water partition coefficient (Wildman–Crippen LogP) is 1.87. The highest BCUT2D eigenvalue weighted by Gasteiger charge is 2.24. The molecule has 2 heterocycles. The second kappa shape index (κ2) is 5.47. The van der Waals surface area contributed by atoms with E-state index in [1.54, 1.807) is 7.11 Å². The predicted molar refractivity (Wildman–Crippen MR) is 76.5 cm³/mol. The van der Waals surface area contributed by atoms with Gasteiger partial charge in [0.25, 0.3) is 0 Å². The number of aromatic nitrogens is 1. The van der Waals surface area contributed by atoms with Gasteiger partial charge in [-0.15, -0.1) is 0 Å². The summed E-state index contributed by atoms with van der Waals surface area (Å²) >= 11 is 0. The Balaban J connectivity index is 1.64. The lowest BCUT2D eigenvalue weighted by molar-refractivity contribution is 0.121. The zero-order valence-electron chi connectivity index (χ0n) is 11.9. The number of hydrogen-bond donors (Lipinski definition) is 1.